The topological polar surface area (TPSA) is 35.2 Å². The lowest BCUT2D eigenvalue weighted by molar-refractivity contribution is 0.218. The van der Waals surface area contributed by atoms with Gasteiger partial charge in [0.15, 0.2) is 0 Å². The van der Waals surface area contributed by atoms with E-state index in [0.717, 1.165) is 30.1 Å². The summed E-state index contributed by atoms with van der Waals surface area (Å²) in [6, 6.07) is 0. The first-order valence-electron chi connectivity index (χ1n) is 4.69. The molecule has 0 amide bonds. The molecule has 1 rings (SSSR count). The molecule has 0 aromatic heterocycles. The second-order valence-electron chi connectivity index (χ2n) is 3.33. The SMILES string of the molecule is COCCSC1CCCC1CN. The molecule has 0 saturated heterocycles. The summed E-state index contributed by atoms with van der Waals surface area (Å²) >= 11 is 2.04. The van der Waals surface area contributed by atoms with Crippen LogP contribution in [0.15, 0.2) is 0 Å². The van der Waals surface area contributed by atoms with E-state index in [-0.39, 0.29) is 0 Å². The van der Waals surface area contributed by atoms with Crippen LogP contribution >= 0.6 is 11.8 Å². The molecular weight excluding hydrogens is 170 g/mol. The first-order chi connectivity index (χ1) is 5.88. The number of methoxy groups -OCH3 is 1. The van der Waals surface area contributed by atoms with Gasteiger partial charge in [-0.2, -0.15) is 11.8 Å². The molecule has 2 N–H and O–H groups in total. The molecule has 0 aromatic rings. The van der Waals surface area contributed by atoms with E-state index in [2.05, 4.69) is 0 Å². The zero-order valence-corrected chi connectivity index (χ0v) is 8.61. The fourth-order valence-corrected chi connectivity index (χ4v) is 3.19. The van der Waals surface area contributed by atoms with Crippen LogP contribution in [0.25, 0.3) is 0 Å². The van der Waals surface area contributed by atoms with Crippen molar-refractivity contribution in [3.63, 3.8) is 0 Å². The molecule has 0 heterocycles. The minimum absolute atomic E-state index is 0.770. The molecule has 72 valence electrons. The maximum Gasteiger partial charge on any atom is 0.0553 e. The minimum Gasteiger partial charge on any atom is -0.384 e. The Morgan fingerprint density at radius 1 is 1.50 bits per heavy atom. The van der Waals surface area contributed by atoms with Crippen LogP contribution in [0.4, 0.5) is 0 Å². The van der Waals surface area contributed by atoms with Crippen LogP contribution in [0, 0.1) is 5.92 Å². The summed E-state index contributed by atoms with van der Waals surface area (Å²) in [6.45, 7) is 1.74. The molecule has 2 nitrogen and oxygen atoms in total. The smallest absolute Gasteiger partial charge is 0.0553 e. The summed E-state index contributed by atoms with van der Waals surface area (Å²) in [4.78, 5) is 0. The van der Waals surface area contributed by atoms with Crippen LogP contribution in [0.3, 0.4) is 0 Å². The van der Waals surface area contributed by atoms with Gasteiger partial charge in [-0.25, -0.2) is 0 Å². The first kappa shape index (κ1) is 10.4. The van der Waals surface area contributed by atoms with Crippen molar-refractivity contribution in [3.8, 4) is 0 Å². The van der Waals surface area contributed by atoms with Gasteiger partial charge in [0, 0.05) is 18.1 Å². The molecule has 12 heavy (non-hydrogen) atoms. The molecule has 2 atom stereocenters. The normalized spacial score (nSPS) is 29.5. The molecule has 1 aliphatic carbocycles. The van der Waals surface area contributed by atoms with Gasteiger partial charge >= 0.3 is 0 Å². The van der Waals surface area contributed by atoms with Crippen LogP contribution < -0.4 is 5.73 Å². The fourth-order valence-electron chi connectivity index (χ4n) is 1.77. The third kappa shape index (κ3) is 2.96. The predicted octanol–water partition coefficient (Wildman–Crippen LogP) is 1.49. The fraction of sp³-hybridized carbons (Fsp3) is 1.00. The Hall–Kier alpha value is 0.270. The Morgan fingerprint density at radius 2 is 2.33 bits per heavy atom. The van der Waals surface area contributed by atoms with E-state index < -0.39 is 0 Å². The van der Waals surface area contributed by atoms with E-state index >= 15 is 0 Å². The maximum atomic E-state index is 5.68. The largest absolute Gasteiger partial charge is 0.384 e. The van der Waals surface area contributed by atoms with Crippen molar-refractivity contribution in [1.82, 2.24) is 0 Å². The molecule has 2 unspecified atom stereocenters. The molecule has 1 aliphatic rings. The highest BCUT2D eigenvalue weighted by Gasteiger charge is 2.25. The van der Waals surface area contributed by atoms with Gasteiger partial charge in [0.05, 0.1) is 6.61 Å². The molecule has 0 radical (unpaired) electrons. The number of hydrogen-bond donors (Lipinski definition) is 1. The second kappa shape index (κ2) is 5.84. The Labute approximate surface area is 79.2 Å². The van der Waals surface area contributed by atoms with E-state index in [1.165, 1.54) is 19.3 Å². The number of rotatable bonds is 5. The van der Waals surface area contributed by atoms with Crippen LogP contribution in [0.5, 0.6) is 0 Å². The minimum atomic E-state index is 0.770. The van der Waals surface area contributed by atoms with Crippen LogP contribution in [0.2, 0.25) is 0 Å². The molecule has 0 bridgehead atoms. The summed E-state index contributed by atoms with van der Waals surface area (Å²) in [6.07, 6.45) is 4.06. The van der Waals surface area contributed by atoms with Gasteiger partial charge in [-0.05, 0) is 25.3 Å². The lowest BCUT2D eigenvalue weighted by atomic mass is 10.1. The van der Waals surface area contributed by atoms with Gasteiger partial charge in [0.1, 0.15) is 0 Å². The van der Waals surface area contributed by atoms with Crippen molar-refractivity contribution in [2.45, 2.75) is 24.5 Å². The van der Waals surface area contributed by atoms with Gasteiger partial charge in [0.2, 0.25) is 0 Å². The van der Waals surface area contributed by atoms with Gasteiger partial charge in [-0.1, -0.05) is 6.42 Å². The molecule has 1 fully saturated rings. The highest BCUT2D eigenvalue weighted by Crippen LogP contribution is 2.34. The number of thioether (sulfide) groups is 1. The van der Waals surface area contributed by atoms with Crippen molar-refractivity contribution >= 4 is 11.8 Å². The second-order valence-corrected chi connectivity index (χ2v) is 4.68. The molecule has 0 aliphatic heterocycles. The quantitative estimate of drug-likeness (QED) is 0.666. The average molecular weight is 189 g/mol. The first-order valence-corrected chi connectivity index (χ1v) is 5.74. The summed E-state index contributed by atoms with van der Waals surface area (Å²) in [7, 11) is 1.76. The van der Waals surface area contributed by atoms with E-state index in [1.807, 2.05) is 11.8 Å². The molecular formula is C9H19NOS. The highest BCUT2D eigenvalue weighted by atomic mass is 32.2. The van der Waals surface area contributed by atoms with E-state index in [4.69, 9.17) is 10.5 Å². The Morgan fingerprint density at radius 3 is 3.00 bits per heavy atom. The molecule has 3 heteroatoms. The predicted molar refractivity (Wildman–Crippen MR) is 54.5 cm³/mol. The Kier molecular flexibility index (Phi) is 5.04. The Balaban J connectivity index is 2.12. The standard InChI is InChI=1S/C9H19NOS/c1-11-5-6-12-9-4-2-3-8(9)7-10/h8-9H,2-7,10H2,1H3. The zero-order valence-electron chi connectivity index (χ0n) is 7.79. The van der Waals surface area contributed by atoms with E-state index in [0.29, 0.717) is 0 Å². The van der Waals surface area contributed by atoms with E-state index in [1.54, 1.807) is 7.11 Å². The number of hydrogen-bond acceptors (Lipinski definition) is 3. The molecule has 1 saturated carbocycles. The third-order valence-corrected chi connectivity index (χ3v) is 3.96. The van der Waals surface area contributed by atoms with Crippen LogP contribution in [-0.2, 0) is 4.74 Å². The maximum absolute atomic E-state index is 5.68. The molecule has 0 spiro atoms. The van der Waals surface area contributed by atoms with Crippen molar-refractivity contribution in [3.05, 3.63) is 0 Å². The summed E-state index contributed by atoms with van der Waals surface area (Å²) in [5.41, 5.74) is 5.68. The Bertz CT molecular complexity index is 121. The summed E-state index contributed by atoms with van der Waals surface area (Å²) < 4.78 is 5.02. The zero-order chi connectivity index (χ0) is 8.81. The highest BCUT2D eigenvalue weighted by molar-refractivity contribution is 7.99. The van der Waals surface area contributed by atoms with Crippen molar-refractivity contribution in [1.29, 1.82) is 0 Å². The lowest BCUT2D eigenvalue weighted by Crippen LogP contribution is -2.20. The third-order valence-electron chi connectivity index (χ3n) is 2.51. The monoisotopic (exact) mass is 189 g/mol. The van der Waals surface area contributed by atoms with Gasteiger partial charge < -0.3 is 10.5 Å². The van der Waals surface area contributed by atoms with Crippen LogP contribution in [-0.4, -0.2) is 31.3 Å². The van der Waals surface area contributed by atoms with Gasteiger partial charge in [0.25, 0.3) is 0 Å². The van der Waals surface area contributed by atoms with Crippen molar-refractivity contribution in [2.24, 2.45) is 11.7 Å². The average Bonchev–Trinajstić information content (AvgIpc) is 2.52. The lowest BCUT2D eigenvalue weighted by Gasteiger charge is -2.16. The van der Waals surface area contributed by atoms with E-state index in [9.17, 15) is 0 Å². The summed E-state index contributed by atoms with van der Waals surface area (Å²) in [5, 5.41) is 0.810. The number of nitrogens with two attached hydrogens (primary N) is 1. The van der Waals surface area contributed by atoms with Crippen LogP contribution in [0.1, 0.15) is 19.3 Å². The van der Waals surface area contributed by atoms with Crippen molar-refractivity contribution in [2.75, 3.05) is 26.0 Å². The van der Waals surface area contributed by atoms with Crippen molar-refractivity contribution < 1.29 is 4.74 Å². The molecule has 0 aromatic carbocycles. The number of ether oxygens (including phenoxy) is 1. The van der Waals surface area contributed by atoms with Gasteiger partial charge in [-0.3, -0.25) is 0 Å². The summed E-state index contributed by atoms with van der Waals surface area (Å²) in [5.74, 6) is 1.89. The van der Waals surface area contributed by atoms with Gasteiger partial charge in [-0.15, -0.1) is 0 Å².